The molecule has 0 heterocycles. The minimum Gasteiger partial charge on any atom is -0.100 e. The number of hydrogen-bond acceptors (Lipinski definition) is 0. The first-order chi connectivity index (χ1) is 9.56. The van der Waals surface area contributed by atoms with E-state index >= 15 is 0 Å². The zero-order chi connectivity index (χ0) is 15.0. The highest BCUT2D eigenvalue weighted by Crippen LogP contribution is 2.18. The van der Waals surface area contributed by atoms with E-state index in [9.17, 15) is 0 Å². The summed E-state index contributed by atoms with van der Waals surface area (Å²) >= 11 is 0. The Hall–Kier alpha value is -1.56. The van der Waals surface area contributed by atoms with E-state index in [0.29, 0.717) is 0 Å². The number of aryl methyl sites for hydroxylation is 3. The molecular weight excluding hydrogens is 240 g/mol. The Morgan fingerprint density at radius 1 is 1.15 bits per heavy atom. The van der Waals surface area contributed by atoms with Crippen LogP contribution in [0.4, 0.5) is 0 Å². The first-order valence-corrected chi connectivity index (χ1v) is 7.57. The third kappa shape index (κ3) is 5.61. The van der Waals surface area contributed by atoms with E-state index in [0.717, 1.165) is 25.7 Å². The molecule has 20 heavy (non-hydrogen) atoms. The third-order valence-electron chi connectivity index (χ3n) is 3.69. The Bertz CT molecular complexity index is 501. The lowest BCUT2D eigenvalue weighted by molar-refractivity contribution is 0.917. The highest BCUT2D eigenvalue weighted by atomic mass is 14.1. The number of benzene rings is 1. The minimum atomic E-state index is 1.08. The Morgan fingerprint density at radius 2 is 1.90 bits per heavy atom. The van der Waals surface area contributed by atoms with Crippen molar-refractivity contribution in [1.82, 2.24) is 0 Å². The smallest absolute Gasteiger partial charge is 0.0236 e. The van der Waals surface area contributed by atoms with Crippen LogP contribution in [0.25, 0.3) is 0 Å². The average Bonchev–Trinajstić information content (AvgIpc) is 2.43. The lowest BCUT2D eigenvalue weighted by Gasteiger charge is -2.10. The van der Waals surface area contributed by atoms with Crippen molar-refractivity contribution in [2.45, 2.75) is 53.4 Å². The van der Waals surface area contributed by atoms with Crippen LogP contribution in [0.5, 0.6) is 0 Å². The van der Waals surface area contributed by atoms with Gasteiger partial charge in [0.2, 0.25) is 0 Å². The Morgan fingerprint density at radius 3 is 2.50 bits per heavy atom. The van der Waals surface area contributed by atoms with Crippen LogP contribution in [-0.4, -0.2) is 0 Å². The molecular formula is C20H28. The Kier molecular flexibility index (Phi) is 7.08. The first kappa shape index (κ1) is 16.5. The van der Waals surface area contributed by atoms with Crippen molar-refractivity contribution in [2.24, 2.45) is 0 Å². The summed E-state index contributed by atoms with van der Waals surface area (Å²) in [6.45, 7) is 12.5. The lowest BCUT2D eigenvalue weighted by atomic mass is 9.96. The molecule has 0 spiro atoms. The van der Waals surface area contributed by atoms with Crippen LogP contribution in [0.1, 0.15) is 50.3 Å². The zero-order valence-electron chi connectivity index (χ0n) is 13.5. The summed E-state index contributed by atoms with van der Waals surface area (Å²) in [7, 11) is 0. The van der Waals surface area contributed by atoms with Crippen LogP contribution < -0.4 is 0 Å². The van der Waals surface area contributed by atoms with E-state index < -0.39 is 0 Å². The topological polar surface area (TPSA) is 0 Å². The van der Waals surface area contributed by atoms with E-state index in [1.165, 1.54) is 27.8 Å². The molecule has 0 nitrogen and oxygen atoms in total. The van der Waals surface area contributed by atoms with Crippen molar-refractivity contribution < 1.29 is 0 Å². The first-order valence-electron chi connectivity index (χ1n) is 7.57. The van der Waals surface area contributed by atoms with Crippen molar-refractivity contribution in [2.75, 3.05) is 0 Å². The van der Waals surface area contributed by atoms with Crippen LogP contribution in [-0.2, 0) is 12.8 Å². The molecule has 0 saturated heterocycles. The molecule has 0 heteroatoms. The molecule has 1 rings (SSSR count). The fourth-order valence-electron chi connectivity index (χ4n) is 2.32. The number of allylic oxidation sites excluding steroid dienone is 5. The highest BCUT2D eigenvalue weighted by Gasteiger charge is 2.02. The second-order valence-electron chi connectivity index (χ2n) is 5.58. The second-order valence-corrected chi connectivity index (χ2v) is 5.58. The van der Waals surface area contributed by atoms with Crippen molar-refractivity contribution in [3.05, 3.63) is 70.8 Å². The quantitative estimate of drug-likeness (QED) is 0.423. The largest absolute Gasteiger partial charge is 0.100 e. The van der Waals surface area contributed by atoms with Crippen molar-refractivity contribution >= 4 is 0 Å². The van der Waals surface area contributed by atoms with Crippen molar-refractivity contribution in [3.63, 3.8) is 0 Å². The summed E-state index contributed by atoms with van der Waals surface area (Å²) in [6, 6.07) is 6.89. The van der Waals surface area contributed by atoms with E-state index in [4.69, 9.17) is 0 Å². The molecule has 0 atom stereocenters. The predicted octanol–water partition coefficient (Wildman–Crippen LogP) is 5.96. The average molecular weight is 268 g/mol. The summed E-state index contributed by atoms with van der Waals surface area (Å²) in [5.74, 6) is 0. The molecule has 0 aliphatic rings. The van der Waals surface area contributed by atoms with Crippen LogP contribution in [0.3, 0.4) is 0 Å². The molecule has 0 aliphatic heterocycles. The molecule has 0 unspecified atom stereocenters. The van der Waals surface area contributed by atoms with Crippen LogP contribution >= 0.6 is 0 Å². The molecule has 0 amide bonds. The van der Waals surface area contributed by atoms with Gasteiger partial charge in [0, 0.05) is 0 Å². The fourth-order valence-corrected chi connectivity index (χ4v) is 2.32. The molecule has 0 aromatic heterocycles. The van der Waals surface area contributed by atoms with Crippen LogP contribution in [0.15, 0.2) is 54.2 Å². The van der Waals surface area contributed by atoms with Gasteiger partial charge >= 0.3 is 0 Å². The van der Waals surface area contributed by atoms with Gasteiger partial charge in [0.1, 0.15) is 0 Å². The van der Waals surface area contributed by atoms with Gasteiger partial charge in [-0.1, -0.05) is 47.6 Å². The molecule has 0 saturated carbocycles. The van der Waals surface area contributed by atoms with Crippen molar-refractivity contribution in [1.29, 1.82) is 0 Å². The van der Waals surface area contributed by atoms with E-state index in [1.807, 2.05) is 0 Å². The molecule has 0 bridgehead atoms. The van der Waals surface area contributed by atoms with Gasteiger partial charge in [-0.25, -0.2) is 0 Å². The van der Waals surface area contributed by atoms with Gasteiger partial charge < -0.3 is 0 Å². The molecule has 108 valence electrons. The van der Waals surface area contributed by atoms with Gasteiger partial charge in [0.05, 0.1) is 0 Å². The zero-order valence-corrected chi connectivity index (χ0v) is 13.5. The van der Waals surface area contributed by atoms with Crippen LogP contribution in [0.2, 0.25) is 0 Å². The van der Waals surface area contributed by atoms with Gasteiger partial charge in [0.25, 0.3) is 0 Å². The second kappa shape index (κ2) is 8.58. The maximum Gasteiger partial charge on any atom is -0.0236 e. The summed E-state index contributed by atoms with van der Waals surface area (Å²) < 4.78 is 0. The summed E-state index contributed by atoms with van der Waals surface area (Å²) in [6.07, 6.45) is 11.0. The SMILES string of the molecule is C=C(C)CCc1ccc(C)c(CCC(/C=C\C)=C/C)c1. The minimum absolute atomic E-state index is 1.08. The molecule has 0 fully saturated rings. The maximum absolute atomic E-state index is 3.99. The highest BCUT2D eigenvalue weighted by molar-refractivity contribution is 5.33. The van der Waals surface area contributed by atoms with E-state index in [2.05, 4.69) is 70.7 Å². The van der Waals surface area contributed by atoms with Crippen LogP contribution in [0, 0.1) is 6.92 Å². The van der Waals surface area contributed by atoms with Gasteiger partial charge in [0.15, 0.2) is 0 Å². The summed E-state index contributed by atoms with van der Waals surface area (Å²) in [5.41, 5.74) is 6.99. The standard InChI is InChI=1S/C20H28/c1-6-8-18(7-2)13-14-20-15-19(11-9-16(3)4)12-10-17(20)5/h6-8,10,12,15H,3,9,11,13-14H2,1-2,4-5H3/b8-6-,18-7+. The monoisotopic (exact) mass is 268 g/mol. The third-order valence-corrected chi connectivity index (χ3v) is 3.69. The number of hydrogen-bond donors (Lipinski definition) is 0. The number of rotatable bonds is 7. The molecule has 1 aromatic carbocycles. The molecule has 0 radical (unpaired) electrons. The lowest BCUT2D eigenvalue weighted by Crippen LogP contribution is -1.95. The predicted molar refractivity (Wildman–Crippen MR) is 91.2 cm³/mol. The Labute approximate surface area is 124 Å². The fraction of sp³-hybridized carbons (Fsp3) is 0.400. The van der Waals surface area contributed by atoms with E-state index in [1.54, 1.807) is 0 Å². The normalized spacial score (nSPS) is 12.1. The van der Waals surface area contributed by atoms with Crippen molar-refractivity contribution in [3.8, 4) is 0 Å². The maximum atomic E-state index is 3.99. The van der Waals surface area contributed by atoms with Gasteiger partial charge in [-0.3, -0.25) is 0 Å². The molecule has 0 N–H and O–H groups in total. The Balaban J connectivity index is 2.73. The van der Waals surface area contributed by atoms with Gasteiger partial charge in [-0.05, 0) is 70.1 Å². The molecule has 1 aromatic rings. The van der Waals surface area contributed by atoms with E-state index in [-0.39, 0.29) is 0 Å². The van der Waals surface area contributed by atoms with Gasteiger partial charge in [-0.15, -0.1) is 6.58 Å². The molecule has 0 aliphatic carbocycles. The summed E-state index contributed by atoms with van der Waals surface area (Å²) in [4.78, 5) is 0. The van der Waals surface area contributed by atoms with Gasteiger partial charge in [-0.2, -0.15) is 0 Å². The summed E-state index contributed by atoms with van der Waals surface area (Å²) in [5, 5.41) is 0.